The molecule has 1 heterocycles. The van der Waals surface area contributed by atoms with Crippen molar-refractivity contribution in [2.24, 2.45) is 0 Å². The van der Waals surface area contributed by atoms with Gasteiger partial charge >= 0.3 is 5.97 Å². The van der Waals surface area contributed by atoms with Crippen molar-refractivity contribution in [1.29, 1.82) is 0 Å². The molecule has 1 aromatic rings. The number of carboxylic acid groups (broad SMARTS) is 1. The summed E-state index contributed by atoms with van der Waals surface area (Å²) in [6.07, 6.45) is 0.732. The number of hydrogen-bond donors (Lipinski definition) is 4. The van der Waals surface area contributed by atoms with Crippen molar-refractivity contribution in [3.63, 3.8) is 0 Å². The van der Waals surface area contributed by atoms with Crippen LogP contribution in [0.15, 0.2) is 11.0 Å². The van der Waals surface area contributed by atoms with Crippen molar-refractivity contribution in [3.05, 3.63) is 27.9 Å². The number of rotatable bonds is 5. The van der Waals surface area contributed by atoms with Crippen molar-refractivity contribution in [2.75, 3.05) is 13.6 Å². The molecule has 1 aromatic heterocycles. The molecule has 0 unspecified atom stereocenters. The Hall–Kier alpha value is -2.71. The third-order valence-electron chi connectivity index (χ3n) is 2.11. The topological polar surface area (TPSA) is 141 Å². The summed E-state index contributed by atoms with van der Waals surface area (Å²) in [6.45, 7) is -0.0882. The van der Waals surface area contributed by atoms with Gasteiger partial charge in [0.05, 0.1) is 6.42 Å². The van der Waals surface area contributed by atoms with Crippen LogP contribution < -0.4 is 16.2 Å². The second kappa shape index (κ2) is 6.28. The number of hydrogen-bond acceptors (Lipinski definition) is 5. The molecule has 0 aliphatic rings. The number of aliphatic carboxylic acids is 1. The summed E-state index contributed by atoms with van der Waals surface area (Å²) in [5.41, 5.74) is -0.970. The van der Waals surface area contributed by atoms with Gasteiger partial charge in [0, 0.05) is 19.8 Å². The van der Waals surface area contributed by atoms with Crippen molar-refractivity contribution in [3.8, 4) is 0 Å². The zero-order valence-electron chi connectivity index (χ0n) is 10.0. The Labute approximate surface area is 107 Å². The Balaban J connectivity index is 2.78. The van der Waals surface area contributed by atoms with E-state index in [9.17, 15) is 19.2 Å². The first-order valence-corrected chi connectivity index (χ1v) is 5.27. The van der Waals surface area contributed by atoms with E-state index in [4.69, 9.17) is 5.11 Å². The number of carbonyl (C=O) groups excluding carboxylic acids is 2. The molecule has 0 spiro atoms. The molecule has 0 fully saturated rings. The lowest BCUT2D eigenvalue weighted by Crippen LogP contribution is -2.32. The van der Waals surface area contributed by atoms with Gasteiger partial charge in [-0.25, -0.2) is 4.98 Å². The molecule has 9 heteroatoms. The van der Waals surface area contributed by atoms with Crippen molar-refractivity contribution in [2.45, 2.75) is 6.42 Å². The number of carbonyl (C=O) groups is 3. The van der Waals surface area contributed by atoms with Gasteiger partial charge in [-0.05, 0) is 0 Å². The largest absolute Gasteiger partial charge is 0.481 e. The average Bonchev–Trinajstić information content (AvgIpc) is 2.37. The normalized spacial score (nSPS) is 9.74. The third-order valence-corrected chi connectivity index (χ3v) is 2.11. The number of carboxylic acids is 1. The average molecular weight is 268 g/mol. The summed E-state index contributed by atoms with van der Waals surface area (Å²) >= 11 is 0. The van der Waals surface area contributed by atoms with Gasteiger partial charge in [0.1, 0.15) is 5.56 Å². The lowest BCUT2D eigenvalue weighted by Gasteiger charge is -2.03. The predicted octanol–water partition coefficient (Wildman–Crippen LogP) is -1.67. The van der Waals surface area contributed by atoms with Gasteiger partial charge in [-0.3, -0.25) is 19.2 Å². The highest BCUT2D eigenvalue weighted by atomic mass is 16.4. The zero-order chi connectivity index (χ0) is 14.4. The van der Waals surface area contributed by atoms with Crippen LogP contribution >= 0.6 is 0 Å². The van der Waals surface area contributed by atoms with E-state index in [2.05, 4.69) is 20.6 Å². The summed E-state index contributed by atoms with van der Waals surface area (Å²) in [5, 5.41) is 12.9. The lowest BCUT2D eigenvalue weighted by molar-refractivity contribution is -0.136. The fraction of sp³-hybridized carbons (Fsp3) is 0.300. The van der Waals surface area contributed by atoms with Crippen LogP contribution in [0.3, 0.4) is 0 Å². The maximum absolute atomic E-state index is 11.5. The summed E-state index contributed by atoms with van der Waals surface area (Å²) < 4.78 is 0. The quantitative estimate of drug-likeness (QED) is 0.503. The third kappa shape index (κ3) is 3.91. The van der Waals surface area contributed by atoms with E-state index in [1.807, 2.05) is 0 Å². The van der Waals surface area contributed by atoms with E-state index in [1.165, 1.54) is 7.05 Å². The molecule has 0 radical (unpaired) electrons. The van der Waals surface area contributed by atoms with Gasteiger partial charge in [-0.15, -0.1) is 0 Å². The molecule has 9 nitrogen and oxygen atoms in total. The second-order valence-electron chi connectivity index (χ2n) is 3.45. The Morgan fingerprint density at radius 2 is 2.05 bits per heavy atom. The van der Waals surface area contributed by atoms with Crippen LogP contribution in [0.1, 0.15) is 27.4 Å². The molecular formula is C10H12N4O5. The maximum Gasteiger partial charge on any atom is 0.305 e. The van der Waals surface area contributed by atoms with E-state index < -0.39 is 23.3 Å². The van der Waals surface area contributed by atoms with Gasteiger partial charge in [0.25, 0.3) is 17.4 Å². The molecule has 1 rings (SSSR count). The van der Waals surface area contributed by atoms with Crippen LogP contribution in [0, 0.1) is 0 Å². The van der Waals surface area contributed by atoms with E-state index in [0.717, 1.165) is 6.20 Å². The van der Waals surface area contributed by atoms with Gasteiger partial charge in [-0.2, -0.15) is 0 Å². The monoisotopic (exact) mass is 268 g/mol. The van der Waals surface area contributed by atoms with E-state index >= 15 is 0 Å². The lowest BCUT2D eigenvalue weighted by atomic mass is 10.3. The zero-order valence-corrected chi connectivity index (χ0v) is 10.0. The molecule has 2 amide bonds. The summed E-state index contributed by atoms with van der Waals surface area (Å²) in [5.74, 6) is -2.69. The first-order valence-electron chi connectivity index (χ1n) is 5.27. The number of H-pyrrole nitrogens is 1. The van der Waals surface area contributed by atoms with Crippen molar-refractivity contribution < 1.29 is 19.5 Å². The van der Waals surface area contributed by atoms with E-state index in [0.29, 0.717) is 0 Å². The van der Waals surface area contributed by atoms with Crippen LogP contribution in [0.5, 0.6) is 0 Å². The van der Waals surface area contributed by atoms with Gasteiger partial charge < -0.3 is 20.7 Å². The van der Waals surface area contributed by atoms with E-state index in [1.54, 1.807) is 0 Å². The molecule has 19 heavy (non-hydrogen) atoms. The van der Waals surface area contributed by atoms with Crippen LogP contribution in [-0.4, -0.2) is 46.5 Å². The SMILES string of the molecule is CNC(=O)c1cnc(C(=O)NCCC(=O)O)[nH]c1=O. The first kappa shape index (κ1) is 14.4. The molecule has 0 saturated carbocycles. The molecule has 102 valence electrons. The van der Waals surface area contributed by atoms with Gasteiger partial charge in [0.2, 0.25) is 0 Å². The van der Waals surface area contributed by atoms with Crippen LogP contribution in [0.2, 0.25) is 0 Å². The summed E-state index contributed by atoms with van der Waals surface area (Å²) in [6, 6.07) is 0. The highest BCUT2D eigenvalue weighted by Gasteiger charge is 2.13. The minimum atomic E-state index is -1.06. The van der Waals surface area contributed by atoms with Crippen molar-refractivity contribution in [1.82, 2.24) is 20.6 Å². The number of nitrogens with zero attached hydrogens (tertiary/aromatic N) is 1. The van der Waals surface area contributed by atoms with Crippen LogP contribution in [-0.2, 0) is 4.79 Å². The standard InChI is InChI=1S/C10H12N4O5/c1-11-8(17)5-4-13-7(14-9(5)18)10(19)12-3-2-6(15)16/h4H,2-3H2,1H3,(H,11,17)(H,12,19)(H,15,16)(H,13,14,18). The number of amides is 2. The van der Waals surface area contributed by atoms with Crippen molar-refractivity contribution >= 4 is 17.8 Å². The Bertz CT molecular complexity index is 565. The number of aromatic nitrogens is 2. The molecule has 0 aliphatic carbocycles. The predicted molar refractivity (Wildman–Crippen MR) is 62.8 cm³/mol. The molecule has 0 saturated heterocycles. The first-order chi connectivity index (χ1) is 8.95. The second-order valence-corrected chi connectivity index (χ2v) is 3.45. The minimum Gasteiger partial charge on any atom is -0.481 e. The van der Waals surface area contributed by atoms with Gasteiger partial charge in [-0.1, -0.05) is 0 Å². The van der Waals surface area contributed by atoms with Gasteiger partial charge in [0.15, 0.2) is 5.82 Å². The number of nitrogens with one attached hydrogen (secondary N) is 3. The molecular weight excluding hydrogens is 256 g/mol. The fourth-order valence-electron chi connectivity index (χ4n) is 1.17. The molecule has 4 N–H and O–H groups in total. The summed E-state index contributed by atoms with van der Waals surface area (Å²) in [4.78, 5) is 50.2. The molecule has 0 atom stereocenters. The van der Waals surface area contributed by atoms with Crippen LogP contribution in [0.4, 0.5) is 0 Å². The molecule has 0 aromatic carbocycles. The molecule has 0 aliphatic heterocycles. The highest BCUT2D eigenvalue weighted by molar-refractivity contribution is 5.94. The smallest absolute Gasteiger partial charge is 0.305 e. The minimum absolute atomic E-state index is 0.0882. The Kier molecular flexibility index (Phi) is 4.75. The summed E-state index contributed by atoms with van der Waals surface area (Å²) in [7, 11) is 1.36. The highest BCUT2D eigenvalue weighted by Crippen LogP contribution is 1.91. The maximum atomic E-state index is 11.5. The number of aromatic amines is 1. The molecule has 0 bridgehead atoms. The Morgan fingerprint density at radius 3 is 2.58 bits per heavy atom. The van der Waals surface area contributed by atoms with Crippen LogP contribution in [0.25, 0.3) is 0 Å². The fourth-order valence-corrected chi connectivity index (χ4v) is 1.17. The Morgan fingerprint density at radius 1 is 1.37 bits per heavy atom. The van der Waals surface area contributed by atoms with E-state index in [-0.39, 0.29) is 24.4 Å².